The van der Waals surface area contributed by atoms with Gasteiger partial charge in [0.1, 0.15) is 18.2 Å². The van der Waals surface area contributed by atoms with E-state index in [2.05, 4.69) is 11.4 Å². The Hall–Kier alpha value is -3.81. The second-order valence-corrected chi connectivity index (χ2v) is 7.21. The van der Waals surface area contributed by atoms with Crippen LogP contribution in [0.25, 0.3) is 6.08 Å². The van der Waals surface area contributed by atoms with E-state index in [0.717, 1.165) is 18.4 Å². The van der Waals surface area contributed by atoms with Crippen molar-refractivity contribution in [1.82, 2.24) is 5.32 Å². The lowest BCUT2D eigenvalue weighted by Crippen LogP contribution is -2.32. The molecule has 0 aromatic heterocycles. The van der Waals surface area contributed by atoms with Crippen LogP contribution >= 0.6 is 0 Å². The maximum absolute atomic E-state index is 12.4. The van der Waals surface area contributed by atoms with Crippen molar-refractivity contribution in [3.05, 3.63) is 64.7 Å². The first-order valence-corrected chi connectivity index (χ1v) is 10.5. The molecule has 7 heteroatoms. The molecule has 1 N–H and O–H groups in total. The first-order chi connectivity index (χ1) is 15.6. The molecule has 0 radical (unpaired) electrons. The van der Waals surface area contributed by atoms with Gasteiger partial charge < -0.3 is 19.5 Å². The molecular formula is C25H25N3O4. The molecule has 2 aromatic rings. The molecule has 0 saturated carbocycles. The van der Waals surface area contributed by atoms with Crippen LogP contribution in [-0.2, 0) is 16.1 Å². The Morgan fingerprint density at radius 3 is 2.78 bits per heavy atom. The van der Waals surface area contributed by atoms with Gasteiger partial charge in [-0.15, -0.1) is 0 Å². The molecule has 164 valence electrons. The van der Waals surface area contributed by atoms with Gasteiger partial charge in [0.2, 0.25) is 0 Å². The largest absolute Gasteiger partial charge is 0.490 e. The third-order valence-corrected chi connectivity index (χ3v) is 4.98. The predicted molar refractivity (Wildman–Crippen MR) is 119 cm³/mol. The number of carbonyl (C=O) groups excluding carboxylic acids is 1. The number of carbonyl (C=O) groups is 1. The quantitative estimate of drug-likeness (QED) is 0.479. The van der Waals surface area contributed by atoms with Gasteiger partial charge in [0.15, 0.2) is 11.5 Å². The number of ether oxygens (including phenoxy) is 3. The molecule has 1 fully saturated rings. The lowest BCUT2D eigenvalue weighted by atomic mass is 10.1. The summed E-state index contributed by atoms with van der Waals surface area (Å²) in [4.78, 5) is 12.4. The van der Waals surface area contributed by atoms with E-state index in [1.807, 2.05) is 25.1 Å². The third kappa shape index (κ3) is 6.10. The SMILES string of the molecule is CCOc1cc(/C=C(\C#N)C(=O)NC[C@H]2CCCO2)ccc1OCc1ccccc1C#N. The van der Waals surface area contributed by atoms with Crippen LogP contribution in [0.4, 0.5) is 0 Å². The zero-order valence-electron chi connectivity index (χ0n) is 18.0. The molecule has 32 heavy (non-hydrogen) atoms. The Kier molecular flexibility index (Phi) is 8.25. The number of amides is 1. The van der Waals surface area contributed by atoms with E-state index in [1.54, 1.807) is 30.3 Å². The summed E-state index contributed by atoms with van der Waals surface area (Å²) in [6.07, 6.45) is 3.41. The number of hydrogen-bond acceptors (Lipinski definition) is 6. The molecule has 0 aliphatic carbocycles. The molecule has 0 unspecified atom stereocenters. The predicted octanol–water partition coefficient (Wildman–Crippen LogP) is 3.74. The van der Waals surface area contributed by atoms with Crippen molar-refractivity contribution in [3.8, 4) is 23.6 Å². The summed E-state index contributed by atoms with van der Waals surface area (Å²) in [5.41, 5.74) is 1.97. The van der Waals surface area contributed by atoms with E-state index in [-0.39, 0.29) is 18.3 Å². The van der Waals surface area contributed by atoms with E-state index in [1.165, 1.54) is 6.08 Å². The minimum Gasteiger partial charge on any atom is -0.490 e. The Morgan fingerprint density at radius 1 is 1.22 bits per heavy atom. The zero-order valence-corrected chi connectivity index (χ0v) is 18.0. The van der Waals surface area contributed by atoms with Gasteiger partial charge in [-0.1, -0.05) is 24.3 Å². The van der Waals surface area contributed by atoms with Crippen LogP contribution in [0.3, 0.4) is 0 Å². The van der Waals surface area contributed by atoms with Crippen molar-refractivity contribution in [2.45, 2.75) is 32.5 Å². The molecule has 1 aliphatic rings. The van der Waals surface area contributed by atoms with Crippen molar-refractivity contribution in [2.75, 3.05) is 19.8 Å². The van der Waals surface area contributed by atoms with Gasteiger partial charge in [0.25, 0.3) is 5.91 Å². The highest BCUT2D eigenvalue weighted by molar-refractivity contribution is 6.01. The fourth-order valence-corrected chi connectivity index (χ4v) is 3.34. The van der Waals surface area contributed by atoms with Crippen molar-refractivity contribution < 1.29 is 19.0 Å². The first kappa shape index (κ1) is 22.9. The monoisotopic (exact) mass is 431 g/mol. The van der Waals surface area contributed by atoms with Gasteiger partial charge in [-0.3, -0.25) is 4.79 Å². The number of nitriles is 2. The molecule has 1 saturated heterocycles. The average molecular weight is 431 g/mol. The number of nitrogens with zero attached hydrogens (tertiary/aromatic N) is 2. The van der Waals surface area contributed by atoms with E-state index in [9.17, 15) is 15.3 Å². The van der Waals surface area contributed by atoms with Crippen molar-refractivity contribution in [2.24, 2.45) is 0 Å². The smallest absolute Gasteiger partial charge is 0.262 e. The van der Waals surface area contributed by atoms with Gasteiger partial charge in [-0.2, -0.15) is 10.5 Å². The van der Waals surface area contributed by atoms with Crippen LogP contribution in [0.5, 0.6) is 11.5 Å². The van der Waals surface area contributed by atoms with Crippen LogP contribution in [0, 0.1) is 22.7 Å². The van der Waals surface area contributed by atoms with Gasteiger partial charge in [-0.05, 0) is 49.6 Å². The number of benzene rings is 2. The second kappa shape index (κ2) is 11.5. The Labute approximate surface area is 187 Å². The van der Waals surface area contributed by atoms with Crippen molar-refractivity contribution in [1.29, 1.82) is 10.5 Å². The van der Waals surface area contributed by atoms with Gasteiger partial charge >= 0.3 is 0 Å². The third-order valence-electron chi connectivity index (χ3n) is 4.98. The molecule has 7 nitrogen and oxygen atoms in total. The van der Waals surface area contributed by atoms with E-state index in [0.29, 0.717) is 42.4 Å². The van der Waals surface area contributed by atoms with Crippen LogP contribution in [0.2, 0.25) is 0 Å². The van der Waals surface area contributed by atoms with Crippen LogP contribution < -0.4 is 14.8 Å². The van der Waals surface area contributed by atoms with Gasteiger partial charge in [-0.25, -0.2) is 0 Å². The highest BCUT2D eigenvalue weighted by Crippen LogP contribution is 2.30. The summed E-state index contributed by atoms with van der Waals surface area (Å²) in [5.74, 6) is 0.570. The minimum atomic E-state index is -0.436. The number of nitrogens with one attached hydrogen (secondary N) is 1. The zero-order chi connectivity index (χ0) is 22.8. The summed E-state index contributed by atoms with van der Waals surface area (Å²) >= 11 is 0. The lowest BCUT2D eigenvalue weighted by Gasteiger charge is -2.13. The standard InChI is InChI=1S/C25H25N3O4/c1-2-30-24-13-18(12-21(15-27)25(29)28-16-22-8-5-11-31-22)9-10-23(24)32-17-20-7-4-3-6-19(20)14-26/h3-4,6-7,9-10,12-13,22H,2,5,8,11,16-17H2,1H3,(H,28,29)/b21-12+/t22-/m1/s1. The fraction of sp³-hybridized carbons (Fsp3) is 0.320. The molecule has 1 amide bonds. The maximum Gasteiger partial charge on any atom is 0.262 e. The highest BCUT2D eigenvalue weighted by Gasteiger charge is 2.18. The summed E-state index contributed by atoms with van der Waals surface area (Å²) in [6, 6.07) is 16.5. The van der Waals surface area contributed by atoms with Crippen LogP contribution in [0.15, 0.2) is 48.0 Å². The average Bonchev–Trinajstić information content (AvgIpc) is 3.34. The van der Waals surface area contributed by atoms with Crippen molar-refractivity contribution >= 4 is 12.0 Å². The Balaban J connectivity index is 1.72. The molecule has 0 spiro atoms. The van der Waals surface area contributed by atoms with E-state index in [4.69, 9.17) is 14.2 Å². The minimum absolute atomic E-state index is 0.00191. The molecule has 2 aromatic carbocycles. The lowest BCUT2D eigenvalue weighted by molar-refractivity contribution is -0.117. The number of rotatable bonds is 9. The highest BCUT2D eigenvalue weighted by atomic mass is 16.5. The fourth-order valence-electron chi connectivity index (χ4n) is 3.34. The summed E-state index contributed by atoms with van der Waals surface area (Å²) in [5, 5.41) is 21.4. The Bertz CT molecular complexity index is 1060. The topological polar surface area (TPSA) is 104 Å². The van der Waals surface area contributed by atoms with E-state index >= 15 is 0 Å². The second-order valence-electron chi connectivity index (χ2n) is 7.21. The molecule has 1 aliphatic heterocycles. The van der Waals surface area contributed by atoms with Crippen molar-refractivity contribution in [3.63, 3.8) is 0 Å². The molecule has 1 heterocycles. The normalized spacial score (nSPS) is 15.5. The first-order valence-electron chi connectivity index (χ1n) is 10.5. The molecular weight excluding hydrogens is 406 g/mol. The van der Waals surface area contributed by atoms with Gasteiger partial charge in [0, 0.05) is 18.7 Å². The summed E-state index contributed by atoms with van der Waals surface area (Å²) in [6.45, 7) is 3.59. The molecule has 1 atom stereocenters. The van der Waals surface area contributed by atoms with Crippen LogP contribution in [0.1, 0.15) is 36.5 Å². The van der Waals surface area contributed by atoms with E-state index < -0.39 is 5.91 Å². The summed E-state index contributed by atoms with van der Waals surface area (Å²) < 4.78 is 17.1. The molecule has 3 rings (SSSR count). The Morgan fingerprint density at radius 2 is 2.06 bits per heavy atom. The maximum atomic E-state index is 12.4. The summed E-state index contributed by atoms with van der Waals surface area (Å²) in [7, 11) is 0. The van der Waals surface area contributed by atoms with Crippen LogP contribution in [-0.4, -0.2) is 31.8 Å². The molecule has 0 bridgehead atoms. The number of hydrogen-bond donors (Lipinski definition) is 1. The van der Waals surface area contributed by atoms with Gasteiger partial charge in [0.05, 0.1) is 24.3 Å².